The van der Waals surface area contributed by atoms with Gasteiger partial charge in [-0.1, -0.05) is 29.3 Å². The summed E-state index contributed by atoms with van der Waals surface area (Å²) >= 11 is 0. The van der Waals surface area contributed by atoms with E-state index in [1.165, 1.54) is 22.3 Å². The Kier molecular flexibility index (Phi) is 3.11. The van der Waals surface area contributed by atoms with Gasteiger partial charge in [0, 0.05) is 25.5 Å². The van der Waals surface area contributed by atoms with Gasteiger partial charge in [0.1, 0.15) is 0 Å². The zero-order chi connectivity index (χ0) is 11.5. The molecule has 0 radical (unpaired) electrons. The van der Waals surface area contributed by atoms with Crippen LogP contribution in [-0.2, 0) is 13.1 Å². The van der Waals surface area contributed by atoms with Crippen LogP contribution in [0.2, 0.25) is 0 Å². The van der Waals surface area contributed by atoms with Crippen LogP contribution in [0.3, 0.4) is 0 Å². The van der Waals surface area contributed by atoms with Crippen LogP contribution in [0.5, 0.6) is 0 Å². The Balaban J connectivity index is 2.19. The standard InChI is InChI=1S/C14H18N2/c1-11-5-12(2)7-14(6-11)10-16-4-3-13(8-15)9-16/h3-7,9H,8,10,15H2,1-2H3. The molecular formula is C14H18N2. The Morgan fingerprint density at radius 3 is 2.31 bits per heavy atom. The zero-order valence-electron chi connectivity index (χ0n) is 9.90. The van der Waals surface area contributed by atoms with Gasteiger partial charge in [-0.15, -0.1) is 0 Å². The predicted octanol–water partition coefficient (Wildman–Crippen LogP) is 2.61. The fourth-order valence-electron chi connectivity index (χ4n) is 2.08. The molecule has 0 aliphatic rings. The Morgan fingerprint density at radius 1 is 1.06 bits per heavy atom. The molecule has 0 aliphatic heterocycles. The molecule has 0 saturated carbocycles. The van der Waals surface area contributed by atoms with Crippen LogP contribution in [0.15, 0.2) is 36.7 Å². The number of hydrogen-bond donors (Lipinski definition) is 1. The quantitative estimate of drug-likeness (QED) is 0.836. The average molecular weight is 214 g/mol. The highest BCUT2D eigenvalue weighted by Crippen LogP contribution is 2.11. The van der Waals surface area contributed by atoms with E-state index < -0.39 is 0 Å². The van der Waals surface area contributed by atoms with Crippen molar-refractivity contribution >= 4 is 0 Å². The fourth-order valence-corrected chi connectivity index (χ4v) is 2.08. The van der Waals surface area contributed by atoms with E-state index in [9.17, 15) is 0 Å². The smallest absolute Gasteiger partial charge is 0.0470 e. The van der Waals surface area contributed by atoms with E-state index in [0.717, 1.165) is 6.54 Å². The number of aryl methyl sites for hydroxylation is 2. The molecule has 0 unspecified atom stereocenters. The molecule has 1 heterocycles. The molecule has 0 bridgehead atoms. The van der Waals surface area contributed by atoms with Crippen LogP contribution in [0.1, 0.15) is 22.3 Å². The molecule has 0 spiro atoms. The molecule has 0 amide bonds. The van der Waals surface area contributed by atoms with Crippen LogP contribution < -0.4 is 5.73 Å². The lowest BCUT2D eigenvalue weighted by Gasteiger charge is -2.06. The molecule has 0 saturated heterocycles. The summed E-state index contributed by atoms with van der Waals surface area (Å²) in [5.41, 5.74) is 10.8. The molecule has 2 rings (SSSR count). The van der Waals surface area contributed by atoms with Crippen molar-refractivity contribution < 1.29 is 0 Å². The van der Waals surface area contributed by atoms with E-state index in [-0.39, 0.29) is 0 Å². The van der Waals surface area contributed by atoms with Gasteiger partial charge in [0.15, 0.2) is 0 Å². The molecule has 2 nitrogen and oxygen atoms in total. The summed E-state index contributed by atoms with van der Waals surface area (Å²) < 4.78 is 2.18. The monoisotopic (exact) mass is 214 g/mol. The summed E-state index contributed by atoms with van der Waals surface area (Å²) in [5.74, 6) is 0. The van der Waals surface area contributed by atoms with Gasteiger partial charge in [-0.25, -0.2) is 0 Å². The first-order valence-electron chi connectivity index (χ1n) is 5.59. The number of hydrogen-bond acceptors (Lipinski definition) is 1. The normalized spacial score (nSPS) is 10.7. The minimum Gasteiger partial charge on any atom is -0.350 e. The van der Waals surface area contributed by atoms with Crippen molar-refractivity contribution in [3.63, 3.8) is 0 Å². The van der Waals surface area contributed by atoms with Crippen LogP contribution in [0, 0.1) is 13.8 Å². The molecule has 1 aromatic carbocycles. The van der Waals surface area contributed by atoms with Gasteiger partial charge < -0.3 is 10.3 Å². The number of nitrogens with zero attached hydrogens (tertiary/aromatic N) is 1. The van der Waals surface area contributed by atoms with Gasteiger partial charge in [0.2, 0.25) is 0 Å². The zero-order valence-corrected chi connectivity index (χ0v) is 9.90. The first-order valence-corrected chi connectivity index (χ1v) is 5.59. The lowest BCUT2D eigenvalue weighted by molar-refractivity contribution is 0.800. The van der Waals surface area contributed by atoms with Crippen molar-refractivity contribution in [3.8, 4) is 0 Å². The van der Waals surface area contributed by atoms with E-state index in [4.69, 9.17) is 5.73 Å². The maximum Gasteiger partial charge on any atom is 0.0470 e. The summed E-state index contributed by atoms with van der Waals surface area (Å²) in [6.07, 6.45) is 4.19. The molecule has 2 heteroatoms. The van der Waals surface area contributed by atoms with Crippen LogP contribution in [-0.4, -0.2) is 4.57 Å². The summed E-state index contributed by atoms with van der Waals surface area (Å²) in [6.45, 7) is 5.80. The number of aromatic nitrogens is 1. The van der Waals surface area contributed by atoms with Crippen molar-refractivity contribution in [1.82, 2.24) is 4.57 Å². The van der Waals surface area contributed by atoms with Crippen molar-refractivity contribution in [1.29, 1.82) is 0 Å². The second kappa shape index (κ2) is 4.54. The van der Waals surface area contributed by atoms with E-state index in [1.54, 1.807) is 0 Å². The van der Waals surface area contributed by atoms with E-state index in [1.807, 2.05) is 0 Å². The SMILES string of the molecule is Cc1cc(C)cc(Cn2ccc(CN)c2)c1. The lowest BCUT2D eigenvalue weighted by atomic mass is 10.1. The van der Waals surface area contributed by atoms with Gasteiger partial charge in [-0.05, 0) is 31.0 Å². The number of nitrogens with two attached hydrogens (primary N) is 1. The Morgan fingerprint density at radius 2 is 1.75 bits per heavy atom. The van der Waals surface area contributed by atoms with Gasteiger partial charge in [0.05, 0.1) is 0 Å². The average Bonchev–Trinajstić information content (AvgIpc) is 2.64. The lowest BCUT2D eigenvalue weighted by Crippen LogP contribution is -1.98. The maximum absolute atomic E-state index is 5.59. The van der Waals surface area contributed by atoms with E-state index in [0.29, 0.717) is 6.54 Å². The van der Waals surface area contributed by atoms with Gasteiger partial charge in [0.25, 0.3) is 0 Å². The van der Waals surface area contributed by atoms with Crippen LogP contribution >= 0.6 is 0 Å². The Hall–Kier alpha value is -1.54. The number of benzene rings is 1. The molecule has 0 fully saturated rings. The van der Waals surface area contributed by atoms with Crippen LogP contribution in [0.25, 0.3) is 0 Å². The largest absolute Gasteiger partial charge is 0.350 e. The third kappa shape index (κ3) is 2.52. The topological polar surface area (TPSA) is 30.9 Å². The molecular weight excluding hydrogens is 196 g/mol. The van der Waals surface area contributed by atoms with E-state index in [2.05, 4.69) is 55.1 Å². The molecule has 0 atom stereocenters. The molecule has 0 aliphatic carbocycles. The first kappa shape index (κ1) is 11.0. The minimum absolute atomic E-state index is 0.611. The molecule has 2 aromatic rings. The maximum atomic E-state index is 5.59. The highest BCUT2D eigenvalue weighted by molar-refractivity contribution is 5.29. The van der Waals surface area contributed by atoms with Crippen molar-refractivity contribution in [3.05, 3.63) is 58.9 Å². The third-order valence-electron chi connectivity index (χ3n) is 2.69. The van der Waals surface area contributed by atoms with E-state index >= 15 is 0 Å². The summed E-state index contributed by atoms with van der Waals surface area (Å²) in [7, 11) is 0. The highest BCUT2D eigenvalue weighted by Gasteiger charge is 1.98. The number of rotatable bonds is 3. The molecule has 2 N–H and O–H groups in total. The molecule has 16 heavy (non-hydrogen) atoms. The Labute approximate surface area is 96.7 Å². The summed E-state index contributed by atoms with van der Waals surface area (Å²) in [4.78, 5) is 0. The second-order valence-corrected chi connectivity index (χ2v) is 4.39. The first-order chi connectivity index (χ1) is 7.67. The van der Waals surface area contributed by atoms with Gasteiger partial charge in [-0.2, -0.15) is 0 Å². The van der Waals surface area contributed by atoms with Crippen molar-refractivity contribution in [2.24, 2.45) is 5.73 Å². The summed E-state index contributed by atoms with van der Waals surface area (Å²) in [5, 5.41) is 0. The molecule has 1 aromatic heterocycles. The van der Waals surface area contributed by atoms with Crippen molar-refractivity contribution in [2.45, 2.75) is 26.9 Å². The highest BCUT2D eigenvalue weighted by atomic mass is 14.9. The van der Waals surface area contributed by atoms with Gasteiger partial charge in [-0.3, -0.25) is 0 Å². The van der Waals surface area contributed by atoms with Crippen molar-refractivity contribution in [2.75, 3.05) is 0 Å². The Bertz CT molecular complexity index is 463. The van der Waals surface area contributed by atoms with Gasteiger partial charge >= 0.3 is 0 Å². The fraction of sp³-hybridized carbons (Fsp3) is 0.286. The van der Waals surface area contributed by atoms with Crippen LogP contribution in [0.4, 0.5) is 0 Å². The summed E-state index contributed by atoms with van der Waals surface area (Å²) in [6, 6.07) is 8.73. The third-order valence-corrected chi connectivity index (χ3v) is 2.69. The molecule has 84 valence electrons. The second-order valence-electron chi connectivity index (χ2n) is 4.39. The minimum atomic E-state index is 0.611. The predicted molar refractivity (Wildman–Crippen MR) is 67.3 cm³/mol.